The van der Waals surface area contributed by atoms with E-state index in [0.717, 1.165) is 5.56 Å². The van der Waals surface area contributed by atoms with E-state index in [1.54, 1.807) is 55.6 Å². The predicted octanol–water partition coefficient (Wildman–Crippen LogP) is 2.49. The minimum atomic E-state index is -1.12. The average molecular weight is 344 g/mol. The van der Waals surface area contributed by atoms with E-state index < -0.39 is 16.8 Å². The van der Waals surface area contributed by atoms with Crippen LogP contribution < -0.4 is 10.6 Å². The van der Waals surface area contributed by atoms with Gasteiger partial charge in [-0.25, -0.2) is 0 Å². The molecular formula is C18H20N2O3S. The van der Waals surface area contributed by atoms with E-state index in [2.05, 4.69) is 10.6 Å². The lowest BCUT2D eigenvalue weighted by Gasteiger charge is -2.14. The molecule has 0 aliphatic rings. The largest absolute Gasteiger partial charge is 0.341 e. The maximum absolute atomic E-state index is 12.2. The summed E-state index contributed by atoms with van der Waals surface area (Å²) in [5.41, 5.74) is 2.03. The van der Waals surface area contributed by atoms with Crippen molar-refractivity contribution in [2.75, 3.05) is 11.6 Å². The summed E-state index contributed by atoms with van der Waals surface area (Å²) in [4.78, 5) is 25.0. The van der Waals surface area contributed by atoms with Crippen LogP contribution in [-0.2, 0) is 15.6 Å². The maximum Gasteiger partial charge on any atom is 0.251 e. The lowest BCUT2D eigenvalue weighted by molar-refractivity contribution is -0.117. The summed E-state index contributed by atoms with van der Waals surface area (Å²) in [6.45, 7) is 3.52. The van der Waals surface area contributed by atoms with Crippen molar-refractivity contribution in [1.29, 1.82) is 0 Å². The summed E-state index contributed by atoms with van der Waals surface area (Å²) in [6, 6.07) is 13.3. The van der Waals surface area contributed by atoms with E-state index in [9.17, 15) is 13.8 Å². The van der Waals surface area contributed by atoms with Crippen molar-refractivity contribution < 1.29 is 13.8 Å². The highest BCUT2D eigenvalue weighted by Gasteiger charge is 2.17. The van der Waals surface area contributed by atoms with Gasteiger partial charge in [-0.1, -0.05) is 23.8 Å². The summed E-state index contributed by atoms with van der Waals surface area (Å²) in [6.07, 6.45) is 1.58. The first kappa shape index (κ1) is 17.9. The zero-order chi connectivity index (χ0) is 17.7. The first-order chi connectivity index (χ1) is 11.4. The second kappa shape index (κ2) is 7.88. The lowest BCUT2D eigenvalue weighted by Crippen LogP contribution is -2.41. The van der Waals surface area contributed by atoms with Crippen LogP contribution in [0.4, 0.5) is 5.69 Å². The van der Waals surface area contributed by atoms with Gasteiger partial charge in [0.15, 0.2) is 0 Å². The first-order valence-electron chi connectivity index (χ1n) is 7.48. The average Bonchev–Trinajstić information content (AvgIpc) is 2.54. The molecule has 0 spiro atoms. The molecule has 0 aromatic heterocycles. The van der Waals surface area contributed by atoms with E-state index in [4.69, 9.17) is 0 Å². The Morgan fingerprint density at radius 2 is 1.79 bits per heavy atom. The van der Waals surface area contributed by atoms with Gasteiger partial charge in [0.25, 0.3) is 5.91 Å². The van der Waals surface area contributed by atoms with Gasteiger partial charge in [-0.3, -0.25) is 13.8 Å². The van der Waals surface area contributed by atoms with Crippen molar-refractivity contribution in [3.05, 3.63) is 59.7 Å². The second-order valence-corrected chi connectivity index (χ2v) is 6.92. The molecule has 0 saturated carbocycles. The van der Waals surface area contributed by atoms with E-state index in [1.165, 1.54) is 0 Å². The Kier molecular flexibility index (Phi) is 5.87. The molecule has 2 aromatic rings. The number of amides is 2. The van der Waals surface area contributed by atoms with E-state index in [-0.39, 0.29) is 11.8 Å². The van der Waals surface area contributed by atoms with Crippen molar-refractivity contribution >= 4 is 28.3 Å². The highest BCUT2D eigenvalue weighted by atomic mass is 32.2. The van der Waals surface area contributed by atoms with Crippen molar-refractivity contribution in [2.45, 2.75) is 24.8 Å². The van der Waals surface area contributed by atoms with Crippen molar-refractivity contribution in [3.63, 3.8) is 0 Å². The van der Waals surface area contributed by atoms with Crippen LogP contribution in [0, 0.1) is 6.92 Å². The van der Waals surface area contributed by atoms with Gasteiger partial charge in [-0.15, -0.1) is 0 Å². The Balaban J connectivity index is 2.01. The minimum absolute atomic E-state index is 0.301. The van der Waals surface area contributed by atoms with Crippen LogP contribution in [0.1, 0.15) is 22.8 Å². The summed E-state index contributed by atoms with van der Waals surface area (Å²) in [5.74, 6) is -0.639. The third-order valence-electron chi connectivity index (χ3n) is 3.45. The van der Waals surface area contributed by atoms with Gasteiger partial charge in [-0.05, 0) is 44.2 Å². The number of benzene rings is 2. The molecule has 0 fully saturated rings. The van der Waals surface area contributed by atoms with Gasteiger partial charge < -0.3 is 10.6 Å². The topological polar surface area (TPSA) is 75.3 Å². The Morgan fingerprint density at radius 1 is 1.08 bits per heavy atom. The molecule has 2 N–H and O–H groups in total. The summed E-state index contributed by atoms with van der Waals surface area (Å²) >= 11 is 0. The third-order valence-corrected chi connectivity index (χ3v) is 4.37. The molecule has 126 valence electrons. The smallest absolute Gasteiger partial charge is 0.251 e. The van der Waals surface area contributed by atoms with Crippen LogP contribution in [0.25, 0.3) is 0 Å². The molecule has 24 heavy (non-hydrogen) atoms. The monoisotopic (exact) mass is 344 g/mol. The van der Waals surface area contributed by atoms with E-state index in [0.29, 0.717) is 16.1 Å². The Bertz CT molecular complexity index is 789. The highest BCUT2D eigenvalue weighted by molar-refractivity contribution is 7.84. The summed E-state index contributed by atoms with van der Waals surface area (Å²) in [7, 11) is -1.12. The molecule has 5 nitrogen and oxygen atoms in total. The van der Waals surface area contributed by atoms with Crippen molar-refractivity contribution in [1.82, 2.24) is 5.32 Å². The minimum Gasteiger partial charge on any atom is -0.341 e. The van der Waals surface area contributed by atoms with Gasteiger partial charge in [0, 0.05) is 33.2 Å². The van der Waals surface area contributed by atoms with Gasteiger partial charge in [0.2, 0.25) is 5.91 Å². The van der Waals surface area contributed by atoms with Crippen molar-refractivity contribution in [3.8, 4) is 0 Å². The molecule has 6 heteroatoms. The predicted molar refractivity (Wildman–Crippen MR) is 95.5 cm³/mol. The van der Waals surface area contributed by atoms with Crippen LogP contribution in [0.15, 0.2) is 53.4 Å². The quantitative estimate of drug-likeness (QED) is 0.875. The SMILES string of the molecule is Cc1cccc(C(=O)N[C@@H](C)C(=O)Nc2cccc([S@@](C)=O)c2)c1. The van der Waals surface area contributed by atoms with Gasteiger partial charge in [0.1, 0.15) is 6.04 Å². The van der Waals surface area contributed by atoms with Crippen LogP contribution in [0.3, 0.4) is 0 Å². The molecule has 0 saturated heterocycles. The molecule has 2 amide bonds. The fourth-order valence-electron chi connectivity index (χ4n) is 2.13. The van der Waals surface area contributed by atoms with Crippen LogP contribution in [0.2, 0.25) is 0 Å². The molecular weight excluding hydrogens is 324 g/mol. The van der Waals surface area contributed by atoms with E-state index >= 15 is 0 Å². The Labute approximate surface area is 143 Å². The third kappa shape index (κ3) is 4.76. The molecule has 0 heterocycles. The molecule has 2 atom stereocenters. The van der Waals surface area contributed by atoms with Crippen molar-refractivity contribution in [2.24, 2.45) is 0 Å². The number of hydrogen-bond acceptors (Lipinski definition) is 3. The van der Waals surface area contributed by atoms with Gasteiger partial charge in [-0.2, -0.15) is 0 Å². The molecule has 0 aliphatic heterocycles. The molecule has 0 radical (unpaired) electrons. The lowest BCUT2D eigenvalue weighted by atomic mass is 10.1. The number of nitrogens with one attached hydrogen (secondary N) is 2. The fraction of sp³-hybridized carbons (Fsp3) is 0.222. The molecule has 0 bridgehead atoms. The number of carbonyl (C=O) groups excluding carboxylic acids is 2. The van der Waals surface area contributed by atoms with E-state index in [1.807, 2.05) is 13.0 Å². The second-order valence-electron chi connectivity index (χ2n) is 5.54. The fourth-order valence-corrected chi connectivity index (χ4v) is 2.70. The summed E-state index contributed by atoms with van der Waals surface area (Å²) in [5, 5.41) is 5.39. The first-order valence-corrected chi connectivity index (χ1v) is 9.04. The maximum atomic E-state index is 12.2. The molecule has 2 rings (SSSR count). The number of aryl methyl sites for hydroxylation is 1. The summed E-state index contributed by atoms with van der Waals surface area (Å²) < 4.78 is 11.5. The normalized spacial score (nSPS) is 13.0. The Morgan fingerprint density at radius 3 is 2.46 bits per heavy atom. The number of hydrogen-bond donors (Lipinski definition) is 2. The van der Waals surface area contributed by atoms with Crippen LogP contribution in [0.5, 0.6) is 0 Å². The number of rotatable bonds is 5. The zero-order valence-electron chi connectivity index (χ0n) is 13.8. The molecule has 0 aliphatic carbocycles. The standard InChI is InChI=1S/C18H20N2O3S/c1-12-6-4-7-14(10-12)18(22)19-13(2)17(21)20-15-8-5-9-16(11-15)24(3)23/h4-11,13H,1-3H3,(H,19,22)(H,20,21)/t13-,24+/m0/s1. The molecule has 0 unspecified atom stereocenters. The van der Waals surface area contributed by atoms with Gasteiger partial charge >= 0.3 is 0 Å². The highest BCUT2D eigenvalue weighted by Crippen LogP contribution is 2.13. The van der Waals surface area contributed by atoms with Crippen LogP contribution in [-0.4, -0.2) is 28.3 Å². The number of anilines is 1. The zero-order valence-corrected chi connectivity index (χ0v) is 14.6. The number of carbonyl (C=O) groups is 2. The Hall–Kier alpha value is -2.47. The molecule has 2 aromatic carbocycles. The van der Waals surface area contributed by atoms with Gasteiger partial charge in [0.05, 0.1) is 0 Å². The van der Waals surface area contributed by atoms with Crippen LogP contribution >= 0.6 is 0 Å².